The standard InChI is InChI=1S/C15H15BrN2S/c1-10(2)15(14-4-3-7-19-14)18-13-8-12(16)6-5-11(13)9-17/h3-8,10,15,18H,1-2H3. The smallest absolute Gasteiger partial charge is 0.101 e. The summed E-state index contributed by atoms with van der Waals surface area (Å²) in [5.74, 6) is 0.448. The Morgan fingerprint density at radius 3 is 2.68 bits per heavy atom. The zero-order valence-electron chi connectivity index (χ0n) is 10.9. The maximum absolute atomic E-state index is 9.19. The van der Waals surface area contributed by atoms with Crippen molar-refractivity contribution in [1.29, 1.82) is 5.26 Å². The molecule has 98 valence electrons. The van der Waals surface area contributed by atoms with Crippen molar-refractivity contribution in [1.82, 2.24) is 0 Å². The summed E-state index contributed by atoms with van der Waals surface area (Å²) in [7, 11) is 0. The largest absolute Gasteiger partial charge is 0.376 e. The predicted molar refractivity (Wildman–Crippen MR) is 84.4 cm³/mol. The van der Waals surface area contributed by atoms with Crippen molar-refractivity contribution < 1.29 is 0 Å². The van der Waals surface area contributed by atoms with E-state index in [-0.39, 0.29) is 6.04 Å². The first-order valence-corrected chi connectivity index (χ1v) is 7.78. The quantitative estimate of drug-likeness (QED) is 0.834. The van der Waals surface area contributed by atoms with Crippen molar-refractivity contribution in [3.05, 3.63) is 50.6 Å². The lowest BCUT2D eigenvalue weighted by Crippen LogP contribution is -2.16. The lowest BCUT2D eigenvalue weighted by molar-refractivity contribution is 0.553. The summed E-state index contributed by atoms with van der Waals surface area (Å²) in [4.78, 5) is 1.29. The van der Waals surface area contributed by atoms with Crippen LogP contribution in [0.25, 0.3) is 0 Å². The van der Waals surface area contributed by atoms with Gasteiger partial charge in [0.25, 0.3) is 0 Å². The van der Waals surface area contributed by atoms with E-state index in [0.29, 0.717) is 11.5 Å². The molecule has 0 aliphatic carbocycles. The fraction of sp³-hybridized carbons (Fsp3) is 0.267. The summed E-state index contributed by atoms with van der Waals surface area (Å²) in [5.41, 5.74) is 1.55. The van der Waals surface area contributed by atoms with Crippen LogP contribution in [0.5, 0.6) is 0 Å². The van der Waals surface area contributed by atoms with Crippen molar-refractivity contribution in [2.24, 2.45) is 5.92 Å². The van der Waals surface area contributed by atoms with Gasteiger partial charge in [-0.2, -0.15) is 5.26 Å². The van der Waals surface area contributed by atoms with Crippen LogP contribution in [-0.4, -0.2) is 0 Å². The van der Waals surface area contributed by atoms with Crippen LogP contribution >= 0.6 is 27.3 Å². The summed E-state index contributed by atoms with van der Waals surface area (Å²) in [6.07, 6.45) is 0. The third-order valence-electron chi connectivity index (χ3n) is 2.93. The topological polar surface area (TPSA) is 35.8 Å². The van der Waals surface area contributed by atoms with E-state index in [1.54, 1.807) is 11.3 Å². The maximum Gasteiger partial charge on any atom is 0.101 e. The van der Waals surface area contributed by atoms with Gasteiger partial charge in [-0.05, 0) is 35.6 Å². The first kappa shape index (κ1) is 14.1. The maximum atomic E-state index is 9.19. The van der Waals surface area contributed by atoms with Gasteiger partial charge >= 0.3 is 0 Å². The summed E-state index contributed by atoms with van der Waals surface area (Å²) >= 11 is 5.19. The minimum absolute atomic E-state index is 0.224. The molecule has 0 spiro atoms. The first-order chi connectivity index (χ1) is 9.11. The first-order valence-electron chi connectivity index (χ1n) is 6.11. The summed E-state index contributed by atoms with van der Waals surface area (Å²) in [5, 5.41) is 14.8. The van der Waals surface area contributed by atoms with Crippen LogP contribution in [0.4, 0.5) is 5.69 Å². The monoisotopic (exact) mass is 334 g/mol. The van der Waals surface area contributed by atoms with Crippen molar-refractivity contribution in [2.75, 3.05) is 5.32 Å². The molecule has 19 heavy (non-hydrogen) atoms. The minimum atomic E-state index is 0.224. The van der Waals surface area contributed by atoms with Gasteiger partial charge in [0.1, 0.15) is 6.07 Å². The normalized spacial score (nSPS) is 12.2. The molecule has 0 fully saturated rings. The van der Waals surface area contributed by atoms with E-state index < -0.39 is 0 Å². The summed E-state index contributed by atoms with van der Waals surface area (Å²) in [6.45, 7) is 4.36. The molecule has 2 nitrogen and oxygen atoms in total. The Morgan fingerprint density at radius 2 is 2.11 bits per heavy atom. The summed E-state index contributed by atoms with van der Waals surface area (Å²) < 4.78 is 0.975. The summed E-state index contributed by atoms with van der Waals surface area (Å²) in [6, 6.07) is 12.3. The molecule has 0 radical (unpaired) electrons. The number of hydrogen-bond donors (Lipinski definition) is 1. The lowest BCUT2D eigenvalue weighted by atomic mass is 10.0. The number of nitriles is 1. The highest BCUT2D eigenvalue weighted by atomic mass is 79.9. The van der Waals surface area contributed by atoms with Gasteiger partial charge in [0, 0.05) is 9.35 Å². The Labute approximate surface area is 126 Å². The Bertz CT molecular complexity index is 585. The molecule has 2 aromatic rings. The van der Waals surface area contributed by atoms with Gasteiger partial charge in [-0.25, -0.2) is 0 Å². The molecular formula is C15H15BrN2S. The van der Waals surface area contributed by atoms with Crippen molar-refractivity contribution >= 4 is 33.0 Å². The van der Waals surface area contributed by atoms with E-state index in [1.807, 2.05) is 18.2 Å². The van der Waals surface area contributed by atoms with Gasteiger partial charge in [0.2, 0.25) is 0 Å². The van der Waals surface area contributed by atoms with Gasteiger partial charge in [-0.1, -0.05) is 35.8 Å². The second-order valence-electron chi connectivity index (χ2n) is 4.68. The number of rotatable bonds is 4. The highest BCUT2D eigenvalue weighted by Gasteiger charge is 2.18. The third kappa shape index (κ3) is 3.37. The molecule has 1 atom stereocenters. The Balaban J connectivity index is 2.33. The molecular weight excluding hydrogens is 320 g/mol. The van der Waals surface area contributed by atoms with Crippen LogP contribution in [0.2, 0.25) is 0 Å². The van der Waals surface area contributed by atoms with Crippen LogP contribution in [0.15, 0.2) is 40.2 Å². The van der Waals surface area contributed by atoms with E-state index in [9.17, 15) is 5.26 Å². The molecule has 1 unspecified atom stereocenters. The zero-order valence-corrected chi connectivity index (χ0v) is 13.3. The number of thiophene rings is 1. The molecule has 0 saturated carbocycles. The lowest BCUT2D eigenvalue weighted by Gasteiger charge is -2.23. The average Bonchev–Trinajstić information content (AvgIpc) is 2.89. The molecule has 1 aromatic heterocycles. The molecule has 1 aromatic carbocycles. The van der Waals surface area contributed by atoms with E-state index >= 15 is 0 Å². The number of benzene rings is 1. The second kappa shape index (κ2) is 6.23. The Hall–Kier alpha value is -1.31. The van der Waals surface area contributed by atoms with Gasteiger partial charge in [-0.3, -0.25) is 0 Å². The van der Waals surface area contributed by atoms with Gasteiger partial charge in [0.15, 0.2) is 0 Å². The molecule has 0 saturated heterocycles. The van der Waals surface area contributed by atoms with Crippen LogP contribution < -0.4 is 5.32 Å². The molecule has 4 heteroatoms. The van der Waals surface area contributed by atoms with Crippen LogP contribution in [0, 0.1) is 17.2 Å². The number of halogens is 1. The number of hydrogen-bond acceptors (Lipinski definition) is 3. The third-order valence-corrected chi connectivity index (χ3v) is 4.38. The molecule has 2 rings (SSSR count). The Kier molecular flexibility index (Phi) is 4.62. The molecule has 0 bridgehead atoms. The highest BCUT2D eigenvalue weighted by molar-refractivity contribution is 9.10. The second-order valence-corrected chi connectivity index (χ2v) is 6.58. The molecule has 0 aliphatic rings. The van der Waals surface area contributed by atoms with Gasteiger partial charge in [0.05, 0.1) is 17.3 Å². The van der Waals surface area contributed by atoms with E-state index in [0.717, 1.165) is 10.2 Å². The molecule has 0 amide bonds. The van der Waals surface area contributed by atoms with Crippen molar-refractivity contribution in [3.63, 3.8) is 0 Å². The SMILES string of the molecule is CC(C)C(Nc1cc(Br)ccc1C#N)c1cccs1. The van der Waals surface area contributed by atoms with Gasteiger partial charge < -0.3 is 5.32 Å². The Morgan fingerprint density at radius 1 is 1.32 bits per heavy atom. The van der Waals surface area contributed by atoms with Gasteiger partial charge in [-0.15, -0.1) is 11.3 Å². The number of nitrogens with one attached hydrogen (secondary N) is 1. The highest BCUT2D eigenvalue weighted by Crippen LogP contribution is 2.32. The fourth-order valence-corrected chi connectivity index (χ4v) is 3.25. The van der Waals surface area contributed by atoms with Crippen LogP contribution in [0.3, 0.4) is 0 Å². The van der Waals surface area contributed by atoms with E-state index in [4.69, 9.17) is 0 Å². The van der Waals surface area contributed by atoms with Crippen LogP contribution in [0.1, 0.15) is 30.3 Å². The van der Waals surface area contributed by atoms with E-state index in [2.05, 4.69) is 58.7 Å². The number of anilines is 1. The number of nitrogens with zero attached hydrogens (tertiary/aromatic N) is 1. The predicted octanol–water partition coefficient (Wildman–Crippen LogP) is 5.19. The fourth-order valence-electron chi connectivity index (χ4n) is 1.94. The zero-order chi connectivity index (χ0) is 13.8. The minimum Gasteiger partial charge on any atom is -0.376 e. The molecule has 1 heterocycles. The van der Waals surface area contributed by atoms with Crippen LogP contribution in [-0.2, 0) is 0 Å². The average molecular weight is 335 g/mol. The van der Waals surface area contributed by atoms with Crippen molar-refractivity contribution in [3.8, 4) is 6.07 Å². The molecule has 1 N–H and O–H groups in total. The van der Waals surface area contributed by atoms with E-state index in [1.165, 1.54) is 4.88 Å². The van der Waals surface area contributed by atoms with Crippen molar-refractivity contribution in [2.45, 2.75) is 19.9 Å². The molecule has 0 aliphatic heterocycles.